The van der Waals surface area contributed by atoms with Crippen LogP contribution in [0.15, 0.2) is 30.3 Å². The molecule has 2 rings (SSSR count). The lowest BCUT2D eigenvalue weighted by atomic mass is 9.88. The first-order valence-electron chi connectivity index (χ1n) is 6.10. The molecule has 0 heterocycles. The van der Waals surface area contributed by atoms with Crippen molar-refractivity contribution in [3.8, 4) is 0 Å². The maximum Gasteiger partial charge on any atom is 0.0464 e. The van der Waals surface area contributed by atoms with Crippen LogP contribution >= 0.6 is 0 Å². The van der Waals surface area contributed by atoms with E-state index in [0.717, 1.165) is 12.8 Å². The Morgan fingerprint density at radius 3 is 2.69 bits per heavy atom. The Bertz CT molecular complexity index is 390. The zero-order chi connectivity index (χ0) is 11.5. The van der Waals surface area contributed by atoms with Crippen LogP contribution < -0.4 is 0 Å². The highest BCUT2D eigenvalue weighted by Crippen LogP contribution is 2.33. The van der Waals surface area contributed by atoms with Crippen LogP contribution in [-0.2, 0) is 6.42 Å². The third-order valence-electron chi connectivity index (χ3n) is 3.59. The molecule has 86 valence electrons. The number of aliphatic hydroxyl groups excluding tert-OH is 1. The van der Waals surface area contributed by atoms with E-state index in [1.54, 1.807) is 0 Å². The number of benzene rings is 1. The molecule has 0 bridgehead atoms. The average molecular weight is 216 g/mol. The molecule has 0 radical (unpaired) electrons. The number of allylic oxidation sites excluding steroid dienone is 2. The summed E-state index contributed by atoms with van der Waals surface area (Å²) in [6.45, 7) is 4.65. The Balaban J connectivity index is 2.13. The van der Waals surface area contributed by atoms with Crippen LogP contribution in [0, 0.1) is 11.8 Å². The third kappa shape index (κ3) is 2.19. The zero-order valence-electron chi connectivity index (χ0n) is 10.1. The fourth-order valence-electron chi connectivity index (χ4n) is 2.34. The van der Waals surface area contributed by atoms with E-state index in [4.69, 9.17) is 0 Å². The second kappa shape index (κ2) is 4.84. The van der Waals surface area contributed by atoms with Gasteiger partial charge in [-0.25, -0.2) is 0 Å². The summed E-state index contributed by atoms with van der Waals surface area (Å²) in [7, 11) is 0. The number of aliphatic hydroxyl groups is 1. The van der Waals surface area contributed by atoms with E-state index < -0.39 is 0 Å². The average Bonchev–Trinajstić information content (AvgIpc) is 2.69. The quantitative estimate of drug-likeness (QED) is 0.819. The molecular weight excluding hydrogens is 196 g/mol. The van der Waals surface area contributed by atoms with Gasteiger partial charge in [-0.15, -0.1) is 0 Å². The molecule has 1 nitrogen and oxygen atoms in total. The van der Waals surface area contributed by atoms with E-state index in [1.807, 2.05) is 0 Å². The van der Waals surface area contributed by atoms with Gasteiger partial charge >= 0.3 is 0 Å². The second-order valence-electron chi connectivity index (χ2n) is 4.98. The highest BCUT2D eigenvalue weighted by Gasteiger charge is 2.19. The lowest BCUT2D eigenvalue weighted by molar-refractivity contribution is 0.193. The van der Waals surface area contributed by atoms with Gasteiger partial charge in [0.1, 0.15) is 0 Å². The topological polar surface area (TPSA) is 20.2 Å². The number of hydrogen-bond donors (Lipinski definition) is 1. The molecule has 0 fully saturated rings. The molecule has 1 heteroatoms. The van der Waals surface area contributed by atoms with Crippen molar-refractivity contribution in [2.45, 2.75) is 26.7 Å². The minimum Gasteiger partial charge on any atom is -0.396 e. The van der Waals surface area contributed by atoms with E-state index in [-0.39, 0.29) is 6.61 Å². The van der Waals surface area contributed by atoms with Crippen LogP contribution in [0.3, 0.4) is 0 Å². The van der Waals surface area contributed by atoms with Gasteiger partial charge in [0.2, 0.25) is 0 Å². The van der Waals surface area contributed by atoms with Gasteiger partial charge in [-0.3, -0.25) is 0 Å². The molecule has 1 atom stereocenters. The van der Waals surface area contributed by atoms with Crippen molar-refractivity contribution in [1.29, 1.82) is 0 Å². The minimum atomic E-state index is 0.289. The van der Waals surface area contributed by atoms with Gasteiger partial charge in [-0.05, 0) is 41.4 Å². The van der Waals surface area contributed by atoms with Gasteiger partial charge in [0, 0.05) is 6.61 Å². The Kier molecular flexibility index (Phi) is 3.45. The number of fused-ring (bicyclic) bond motifs is 1. The molecule has 0 aromatic heterocycles. The summed E-state index contributed by atoms with van der Waals surface area (Å²) < 4.78 is 0. The fourth-order valence-corrected chi connectivity index (χ4v) is 2.34. The lowest BCUT2D eigenvalue weighted by Gasteiger charge is -2.19. The summed E-state index contributed by atoms with van der Waals surface area (Å²) in [6.07, 6.45) is 4.38. The summed E-state index contributed by atoms with van der Waals surface area (Å²) in [4.78, 5) is 0. The van der Waals surface area contributed by atoms with Crippen molar-refractivity contribution in [1.82, 2.24) is 0 Å². The van der Waals surface area contributed by atoms with E-state index >= 15 is 0 Å². The Morgan fingerprint density at radius 2 is 2.00 bits per heavy atom. The molecule has 0 amide bonds. The first-order valence-corrected chi connectivity index (χ1v) is 6.10. The SMILES string of the molecule is CC(C)C(CO)CC1=CCc2ccccc21. The van der Waals surface area contributed by atoms with Crippen molar-refractivity contribution in [3.63, 3.8) is 0 Å². The van der Waals surface area contributed by atoms with Crippen LogP contribution in [0.2, 0.25) is 0 Å². The number of rotatable bonds is 4. The van der Waals surface area contributed by atoms with Crippen molar-refractivity contribution < 1.29 is 5.11 Å². The molecule has 1 unspecified atom stereocenters. The summed E-state index contributed by atoms with van der Waals surface area (Å²) in [5.74, 6) is 0.927. The van der Waals surface area contributed by atoms with Gasteiger partial charge < -0.3 is 5.11 Å². The molecule has 1 N–H and O–H groups in total. The predicted molar refractivity (Wildman–Crippen MR) is 68.2 cm³/mol. The van der Waals surface area contributed by atoms with Crippen LogP contribution in [-0.4, -0.2) is 11.7 Å². The first-order chi connectivity index (χ1) is 7.72. The highest BCUT2D eigenvalue weighted by molar-refractivity contribution is 5.73. The minimum absolute atomic E-state index is 0.289. The Morgan fingerprint density at radius 1 is 1.25 bits per heavy atom. The standard InChI is InChI=1S/C15H20O/c1-11(2)14(10-16)9-13-8-7-12-5-3-4-6-15(12)13/h3-6,8,11,14,16H,7,9-10H2,1-2H3. The fraction of sp³-hybridized carbons (Fsp3) is 0.467. The van der Waals surface area contributed by atoms with E-state index in [2.05, 4.69) is 44.2 Å². The van der Waals surface area contributed by atoms with Crippen LogP contribution in [0.5, 0.6) is 0 Å². The van der Waals surface area contributed by atoms with Crippen molar-refractivity contribution >= 4 is 5.57 Å². The Labute approximate surface area is 97.8 Å². The molecular formula is C15H20O. The number of hydrogen-bond acceptors (Lipinski definition) is 1. The van der Waals surface area contributed by atoms with Gasteiger partial charge in [-0.1, -0.05) is 44.2 Å². The molecule has 0 saturated carbocycles. The van der Waals surface area contributed by atoms with Gasteiger partial charge in [-0.2, -0.15) is 0 Å². The van der Waals surface area contributed by atoms with Crippen molar-refractivity contribution in [3.05, 3.63) is 41.5 Å². The van der Waals surface area contributed by atoms with E-state index in [9.17, 15) is 5.11 Å². The van der Waals surface area contributed by atoms with Crippen LogP contribution in [0.25, 0.3) is 5.57 Å². The summed E-state index contributed by atoms with van der Waals surface area (Å²) in [5.41, 5.74) is 4.24. The van der Waals surface area contributed by atoms with Gasteiger partial charge in [0.15, 0.2) is 0 Å². The monoisotopic (exact) mass is 216 g/mol. The summed E-state index contributed by atoms with van der Waals surface area (Å²) in [6, 6.07) is 8.59. The molecule has 16 heavy (non-hydrogen) atoms. The van der Waals surface area contributed by atoms with Crippen LogP contribution in [0.4, 0.5) is 0 Å². The normalized spacial score (nSPS) is 16.1. The smallest absolute Gasteiger partial charge is 0.0464 e. The largest absolute Gasteiger partial charge is 0.396 e. The van der Waals surface area contributed by atoms with Crippen molar-refractivity contribution in [2.24, 2.45) is 11.8 Å². The van der Waals surface area contributed by atoms with E-state index in [0.29, 0.717) is 11.8 Å². The first kappa shape index (κ1) is 11.4. The zero-order valence-corrected chi connectivity index (χ0v) is 10.1. The maximum atomic E-state index is 9.38. The van der Waals surface area contributed by atoms with Crippen molar-refractivity contribution in [2.75, 3.05) is 6.61 Å². The highest BCUT2D eigenvalue weighted by atomic mass is 16.3. The molecule has 0 spiro atoms. The van der Waals surface area contributed by atoms with E-state index in [1.165, 1.54) is 16.7 Å². The molecule has 0 saturated heterocycles. The van der Waals surface area contributed by atoms with Gasteiger partial charge in [0.05, 0.1) is 0 Å². The third-order valence-corrected chi connectivity index (χ3v) is 3.59. The summed E-state index contributed by atoms with van der Waals surface area (Å²) >= 11 is 0. The summed E-state index contributed by atoms with van der Waals surface area (Å²) in [5, 5.41) is 9.38. The molecule has 1 aliphatic rings. The predicted octanol–water partition coefficient (Wildman–Crippen LogP) is 3.28. The second-order valence-corrected chi connectivity index (χ2v) is 4.98. The molecule has 0 aliphatic heterocycles. The van der Waals surface area contributed by atoms with Gasteiger partial charge in [0.25, 0.3) is 0 Å². The Hall–Kier alpha value is -1.08. The van der Waals surface area contributed by atoms with Crippen LogP contribution in [0.1, 0.15) is 31.4 Å². The lowest BCUT2D eigenvalue weighted by Crippen LogP contribution is -2.13. The maximum absolute atomic E-state index is 9.38. The molecule has 1 aromatic carbocycles. The molecule has 1 aromatic rings. The molecule has 1 aliphatic carbocycles.